The van der Waals surface area contributed by atoms with Crippen LogP contribution in [0.3, 0.4) is 0 Å². The fourth-order valence-electron chi connectivity index (χ4n) is 3.37. The molecule has 6 nitrogen and oxygen atoms in total. The van der Waals surface area contributed by atoms with Crippen LogP contribution in [0.1, 0.15) is 5.69 Å². The van der Waals surface area contributed by atoms with Crippen molar-refractivity contribution in [2.45, 2.75) is 10.9 Å². The number of aromatic nitrogens is 4. The summed E-state index contributed by atoms with van der Waals surface area (Å²) in [6.45, 7) is 0. The minimum Gasteiger partial charge on any atom is -0.269 e. The molecule has 0 spiro atoms. The molecule has 5 rings (SSSR count). The van der Waals surface area contributed by atoms with Gasteiger partial charge in [0, 0.05) is 23.0 Å². The van der Waals surface area contributed by atoms with Crippen LogP contribution in [0.15, 0.2) is 93.7 Å². The smallest absolute Gasteiger partial charge is 0.266 e. The minimum absolute atomic E-state index is 0.153. The van der Waals surface area contributed by atoms with E-state index in [1.165, 1.54) is 22.2 Å². The monoisotopic (exact) mass is 446 g/mol. The molecule has 0 amide bonds. The molecule has 0 saturated heterocycles. The van der Waals surface area contributed by atoms with E-state index in [0.717, 1.165) is 0 Å². The van der Waals surface area contributed by atoms with Gasteiger partial charge in [0.15, 0.2) is 5.16 Å². The Morgan fingerprint density at radius 3 is 2.61 bits per heavy atom. The Morgan fingerprint density at radius 1 is 0.903 bits per heavy atom. The van der Waals surface area contributed by atoms with E-state index in [9.17, 15) is 9.59 Å². The molecular formula is C23H15ClN4O2S. The standard InChI is InChI=1S/C23H15ClN4O2S/c24-15-6-5-7-17(12-15)28-22(30)18-8-1-2-9-19(18)26-23(28)31-14-16-13-21(29)27-11-4-3-10-20(27)25-16/h1-13H,14H2. The van der Waals surface area contributed by atoms with Crippen molar-refractivity contribution in [3.63, 3.8) is 0 Å². The fraction of sp³-hybridized carbons (Fsp3) is 0.0435. The fourth-order valence-corrected chi connectivity index (χ4v) is 4.46. The summed E-state index contributed by atoms with van der Waals surface area (Å²) in [6.07, 6.45) is 1.68. The molecule has 0 unspecified atom stereocenters. The molecule has 0 aliphatic carbocycles. The number of pyridine rings is 1. The summed E-state index contributed by atoms with van der Waals surface area (Å²) in [4.78, 5) is 35.0. The topological polar surface area (TPSA) is 69.3 Å². The lowest BCUT2D eigenvalue weighted by Crippen LogP contribution is -2.22. The van der Waals surface area contributed by atoms with Gasteiger partial charge in [-0.1, -0.05) is 47.6 Å². The van der Waals surface area contributed by atoms with E-state index in [2.05, 4.69) is 4.98 Å². The van der Waals surface area contributed by atoms with E-state index < -0.39 is 0 Å². The Balaban J connectivity index is 1.62. The van der Waals surface area contributed by atoms with E-state index in [1.54, 1.807) is 47.2 Å². The molecule has 8 heteroatoms. The Bertz CT molecular complexity index is 1560. The van der Waals surface area contributed by atoms with Crippen LogP contribution in [-0.4, -0.2) is 18.9 Å². The van der Waals surface area contributed by atoms with Crippen LogP contribution in [0.5, 0.6) is 0 Å². The molecule has 5 aromatic rings. The predicted molar refractivity (Wildman–Crippen MR) is 123 cm³/mol. The average Bonchev–Trinajstić information content (AvgIpc) is 2.78. The highest BCUT2D eigenvalue weighted by molar-refractivity contribution is 7.98. The summed E-state index contributed by atoms with van der Waals surface area (Å²) in [5.74, 6) is 0.381. The van der Waals surface area contributed by atoms with Crippen molar-refractivity contribution in [2.75, 3.05) is 0 Å². The van der Waals surface area contributed by atoms with Crippen LogP contribution >= 0.6 is 23.4 Å². The van der Waals surface area contributed by atoms with E-state index >= 15 is 0 Å². The third kappa shape index (κ3) is 3.73. The number of benzene rings is 2. The van der Waals surface area contributed by atoms with Gasteiger partial charge >= 0.3 is 0 Å². The summed E-state index contributed by atoms with van der Waals surface area (Å²) < 4.78 is 3.04. The molecule has 2 aromatic carbocycles. The van der Waals surface area contributed by atoms with Crippen LogP contribution < -0.4 is 11.1 Å². The maximum absolute atomic E-state index is 13.3. The highest BCUT2D eigenvalue weighted by atomic mass is 35.5. The highest BCUT2D eigenvalue weighted by Crippen LogP contribution is 2.25. The van der Waals surface area contributed by atoms with Gasteiger partial charge in [-0.3, -0.25) is 18.6 Å². The molecule has 0 aliphatic heterocycles. The predicted octanol–water partition coefficient (Wildman–Crippen LogP) is 4.34. The van der Waals surface area contributed by atoms with Gasteiger partial charge in [-0.05, 0) is 42.5 Å². The molecule has 0 bridgehead atoms. The zero-order valence-corrected chi connectivity index (χ0v) is 17.7. The number of para-hydroxylation sites is 1. The molecule has 0 N–H and O–H groups in total. The lowest BCUT2D eigenvalue weighted by molar-refractivity contribution is 0.819. The third-order valence-corrected chi connectivity index (χ3v) is 5.99. The minimum atomic E-state index is -0.179. The van der Waals surface area contributed by atoms with Gasteiger partial charge in [0.2, 0.25) is 0 Å². The lowest BCUT2D eigenvalue weighted by Gasteiger charge is -2.13. The number of nitrogens with zero attached hydrogens (tertiary/aromatic N) is 4. The molecule has 3 heterocycles. The Labute approximate surface area is 185 Å². The van der Waals surface area contributed by atoms with E-state index in [1.807, 2.05) is 30.3 Å². The number of hydrogen-bond donors (Lipinski definition) is 0. The summed E-state index contributed by atoms with van der Waals surface area (Å²) in [5, 5.41) is 1.55. The van der Waals surface area contributed by atoms with Crippen LogP contribution in [0.4, 0.5) is 0 Å². The summed E-state index contributed by atoms with van der Waals surface area (Å²) in [5.41, 5.74) is 2.09. The van der Waals surface area contributed by atoms with E-state index in [0.29, 0.717) is 43.9 Å². The van der Waals surface area contributed by atoms with Crippen LogP contribution in [0, 0.1) is 0 Å². The SMILES string of the molecule is O=c1c2ccccc2nc(SCc2cc(=O)n3ccccc3n2)n1-c1cccc(Cl)c1. The Morgan fingerprint density at radius 2 is 1.74 bits per heavy atom. The second-order valence-corrected chi connectivity index (χ2v) is 8.21. The van der Waals surface area contributed by atoms with E-state index in [-0.39, 0.29) is 11.1 Å². The van der Waals surface area contributed by atoms with Crippen molar-refractivity contribution < 1.29 is 0 Å². The van der Waals surface area contributed by atoms with Crippen LogP contribution in [0.25, 0.3) is 22.2 Å². The van der Waals surface area contributed by atoms with Crippen molar-refractivity contribution in [3.8, 4) is 5.69 Å². The average molecular weight is 447 g/mol. The number of halogens is 1. The first-order valence-electron chi connectivity index (χ1n) is 9.48. The quantitative estimate of drug-likeness (QED) is 0.303. The number of hydrogen-bond acceptors (Lipinski definition) is 5. The molecule has 0 fully saturated rings. The zero-order valence-electron chi connectivity index (χ0n) is 16.1. The molecule has 0 aliphatic rings. The van der Waals surface area contributed by atoms with Crippen molar-refractivity contribution in [3.05, 3.63) is 110 Å². The molecule has 0 saturated carbocycles. The molecular weight excluding hydrogens is 432 g/mol. The number of thioether (sulfide) groups is 1. The third-order valence-electron chi connectivity index (χ3n) is 4.78. The van der Waals surface area contributed by atoms with Crippen molar-refractivity contribution in [1.82, 2.24) is 18.9 Å². The molecule has 0 atom stereocenters. The molecule has 0 radical (unpaired) electrons. The van der Waals surface area contributed by atoms with Gasteiger partial charge in [-0.15, -0.1) is 0 Å². The van der Waals surface area contributed by atoms with Gasteiger partial charge in [-0.25, -0.2) is 9.97 Å². The van der Waals surface area contributed by atoms with Gasteiger partial charge in [0.05, 0.1) is 22.3 Å². The first-order valence-corrected chi connectivity index (χ1v) is 10.8. The van der Waals surface area contributed by atoms with Crippen molar-refractivity contribution >= 4 is 39.9 Å². The van der Waals surface area contributed by atoms with Gasteiger partial charge in [0.25, 0.3) is 11.1 Å². The number of fused-ring (bicyclic) bond motifs is 2. The number of rotatable bonds is 4. The van der Waals surface area contributed by atoms with Crippen molar-refractivity contribution in [1.29, 1.82) is 0 Å². The van der Waals surface area contributed by atoms with Gasteiger partial charge in [-0.2, -0.15) is 0 Å². The second-order valence-electron chi connectivity index (χ2n) is 6.84. The van der Waals surface area contributed by atoms with Crippen LogP contribution in [0.2, 0.25) is 5.02 Å². The maximum atomic E-state index is 13.3. The largest absolute Gasteiger partial charge is 0.269 e. The Hall–Kier alpha value is -3.42. The molecule has 152 valence electrons. The normalized spacial score (nSPS) is 11.3. The maximum Gasteiger partial charge on any atom is 0.266 e. The molecule has 3 aromatic heterocycles. The first-order chi connectivity index (χ1) is 15.1. The first kappa shape index (κ1) is 19.5. The van der Waals surface area contributed by atoms with Crippen LogP contribution in [-0.2, 0) is 5.75 Å². The van der Waals surface area contributed by atoms with Gasteiger partial charge < -0.3 is 0 Å². The summed E-state index contributed by atoms with van der Waals surface area (Å²) in [6, 6.07) is 21.2. The summed E-state index contributed by atoms with van der Waals surface area (Å²) in [7, 11) is 0. The summed E-state index contributed by atoms with van der Waals surface area (Å²) >= 11 is 7.52. The second kappa shape index (κ2) is 8.02. The van der Waals surface area contributed by atoms with Crippen molar-refractivity contribution in [2.24, 2.45) is 0 Å². The Kier molecular flexibility index (Phi) is 5.05. The zero-order chi connectivity index (χ0) is 21.4. The van der Waals surface area contributed by atoms with Gasteiger partial charge in [0.1, 0.15) is 5.65 Å². The molecule has 31 heavy (non-hydrogen) atoms. The lowest BCUT2D eigenvalue weighted by atomic mass is 10.2. The van der Waals surface area contributed by atoms with E-state index in [4.69, 9.17) is 16.6 Å². The highest BCUT2D eigenvalue weighted by Gasteiger charge is 2.14.